The molecular formula is C7H8N2O5S2. The number of hydrogen-bond donors (Lipinski definition) is 3. The van der Waals surface area contributed by atoms with Crippen molar-refractivity contribution in [2.75, 3.05) is 6.54 Å². The van der Waals surface area contributed by atoms with E-state index in [1.54, 1.807) is 0 Å². The van der Waals surface area contributed by atoms with Crippen LogP contribution >= 0.6 is 11.3 Å². The van der Waals surface area contributed by atoms with E-state index in [4.69, 9.17) is 10.8 Å². The molecule has 1 aromatic heterocycles. The summed E-state index contributed by atoms with van der Waals surface area (Å²) in [5.41, 5.74) is 4.95. The Morgan fingerprint density at radius 2 is 2.12 bits per heavy atom. The van der Waals surface area contributed by atoms with Crippen molar-refractivity contribution in [3.05, 3.63) is 16.3 Å². The first-order valence-corrected chi connectivity index (χ1v) is 6.29. The number of sulfonamides is 1. The monoisotopic (exact) mass is 264 g/mol. The van der Waals surface area contributed by atoms with Crippen molar-refractivity contribution in [2.24, 2.45) is 5.73 Å². The van der Waals surface area contributed by atoms with E-state index in [9.17, 15) is 18.0 Å². The van der Waals surface area contributed by atoms with Gasteiger partial charge in [-0.05, 0) is 6.07 Å². The Labute approximate surface area is 94.9 Å². The minimum atomic E-state index is -3.90. The van der Waals surface area contributed by atoms with Gasteiger partial charge in [-0.25, -0.2) is 8.42 Å². The maximum atomic E-state index is 11.5. The van der Waals surface area contributed by atoms with E-state index in [1.165, 1.54) is 5.38 Å². The second-order valence-electron chi connectivity index (χ2n) is 2.73. The van der Waals surface area contributed by atoms with Crippen LogP contribution < -0.4 is 10.5 Å². The van der Waals surface area contributed by atoms with E-state index in [0.29, 0.717) is 0 Å². The smallest absolute Gasteiger partial charge is 0.318 e. The molecule has 1 rings (SSSR count). The highest BCUT2D eigenvalue weighted by molar-refractivity contribution is 7.89. The number of primary amides is 1. The van der Waals surface area contributed by atoms with Gasteiger partial charge in [-0.3, -0.25) is 9.59 Å². The highest BCUT2D eigenvalue weighted by Gasteiger charge is 2.18. The third-order valence-electron chi connectivity index (χ3n) is 1.54. The lowest BCUT2D eigenvalue weighted by Gasteiger charge is -2.00. The molecule has 1 heterocycles. The molecule has 0 fully saturated rings. The third-order valence-corrected chi connectivity index (χ3v) is 4.02. The van der Waals surface area contributed by atoms with Crippen LogP contribution in [0.3, 0.4) is 0 Å². The van der Waals surface area contributed by atoms with E-state index < -0.39 is 28.4 Å². The summed E-state index contributed by atoms with van der Waals surface area (Å²) < 4.78 is 24.8. The van der Waals surface area contributed by atoms with Gasteiger partial charge in [0.15, 0.2) is 0 Å². The summed E-state index contributed by atoms with van der Waals surface area (Å²) in [6.07, 6.45) is 0. The summed E-state index contributed by atoms with van der Waals surface area (Å²) in [5.74, 6) is -2.03. The van der Waals surface area contributed by atoms with Gasteiger partial charge in [-0.2, -0.15) is 4.72 Å². The standard InChI is InChI=1S/C7H8N2O5S2/c8-7(12)5-1-4(3-15-5)16(13,14)9-2-6(10)11/h1,3,9H,2H2,(H2,8,12)(H,10,11). The summed E-state index contributed by atoms with van der Waals surface area (Å²) in [6.45, 7) is -0.718. The van der Waals surface area contributed by atoms with Crippen molar-refractivity contribution in [3.8, 4) is 0 Å². The number of hydrogen-bond acceptors (Lipinski definition) is 5. The molecule has 0 atom stereocenters. The van der Waals surface area contributed by atoms with Gasteiger partial charge in [-0.15, -0.1) is 11.3 Å². The molecule has 0 saturated heterocycles. The number of nitrogens with two attached hydrogens (primary N) is 1. The number of rotatable bonds is 5. The van der Waals surface area contributed by atoms with Gasteiger partial charge in [0.05, 0.1) is 9.77 Å². The van der Waals surface area contributed by atoms with Gasteiger partial charge < -0.3 is 10.8 Å². The van der Waals surface area contributed by atoms with E-state index >= 15 is 0 Å². The predicted molar refractivity (Wildman–Crippen MR) is 55.7 cm³/mol. The second-order valence-corrected chi connectivity index (χ2v) is 5.41. The molecule has 88 valence electrons. The summed E-state index contributed by atoms with van der Waals surface area (Å²) in [4.78, 5) is 20.8. The quantitative estimate of drug-likeness (QED) is 0.642. The molecule has 0 radical (unpaired) electrons. The van der Waals surface area contributed by atoms with E-state index in [2.05, 4.69) is 0 Å². The summed E-state index contributed by atoms with van der Waals surface area (Å²) >= 11 is 0.878. The number of carboxylic acids is 1. The summed E-state index contributed by atoms with van der Waals surface area (Å²) in [5, 5.41) is 9.53. The van der Waals surface area contributed by atoms with Crippen molar-refractivity contribution in [2.45, 2.75) is 4.90 Å². The molecule has 0 aliphatic heterocycles. The summed E-state index contributed by atoms with van der Waals surface area (Å²) in [6, 6.07) is 1.09. The van der Waals surface area contributed by atoms with Crippen molar-refractivity contribution < 1.29 is 23.1 Å². The van der Waals surface area contributed by atoms with Gasteiger partial charge in [0, 0.05) is 5.38 Å². The zero-order valence-electron chi connectivity index (χ0n) is 7.84. The van der Waals surface area contributed by atoms with Crippen LogP contribution in [-0.2, 0) is 14.8 Å². The predicted octanol–water partition coefficient (Wildman–Crippen LogP) is -0.790. The molecule has 7 nitrogen and oxygen atoms in total. The lowest BCUT2D eigenvalue weighted by Crippen LogP contribution is -2.29. The molecule has 0 unspecified atom stereocenters. The van der Waals surface area contributed by atoms with Gasteiger partial charge in [-0.1, -0.05) is 0 Å². The lowest BCUT2D eigenvalue weighted by atomic mass is 10.5. The normalized spacial score (nSPS) is 11.2. The number of amides is 1. The van der Waals surface area contributed by atoms with Crippen molar-refractivity contribution in [3.63, 3.8) is 0 Å². The van der Waals surface area contributed by atoms with Crippen LogP contribution in [0.5, 0.6) is 0 Å². The minimum Gasteiger partial charge on any atom is -0.480 e. The maximum Gasteiger partial charge on any atom is 0.318 e. The molecule has 16 heavy (non-hydrogen) atoms. The van der Waals surface area contributed by atoms with Crippen LogP contribution in [-0.4, -0.2) is 31.9 Å². The van der Waals surface area contributed by atoms with E-state index in [1.807, 2.05) is 4.72 Å². The van der Waals surface area contributed by atoms with Gasteiger partial charge in [0.2, 0.25) is 10.0 Å². The van der Waals surface area contributed by atoms with Crippen molar-refractivity contribution in [1.82, 2.24) is 4.72 Å². The van der Waals surface area contributed by atoms with Gasteiger partial charge in [0.1, 0.15) is 6.54 Å². The highest BCUT2D eigenvalue weighted by Crippen LogP contribution is 2.18. The topological polar surface area (TPSA) is 127 Å². The fraction of sp³-hybridized carbons (Fsp3) is 0.143. The third kappa shape index (κ3) is 3.02. The first-order valence-electron chi connectivity index (χ1n) is 3.93. The Hall–Kier alpha value is -1.45. The largest absolute Gasteiger partial charge is 0.480 e. The fourth-order valence-corrected chi connectivity index (χ4v) is 2.93. The molecule has 0 aliphatic carbocycles. The maximum absolute atomic E-state index is 11.5. The average molecular weight is 264 g/mol. The van der Waals surface area contributed by atoms with Gasteiger partial charge in [0.25, 0.3) is 5.91 Å². The summed E-state index contributed by atoms with van der Waals surface area (Å²) in [7, 11) is -3.90. The molecule has 0 spiro atoms. The number of carbonyl (C=O) groups is 2. The first kappa shape index (κ1) is 12.6. The lowest BCUT2D eigenvalue weighted by molar-refractivity contribution is -0.135. The van der Waals surface area contributed by atoms with Crippen LogP contribution in [0.25, 0.3) is 0 Å². The van der Waals surface area contributed by atoms with E-state index in [-0.39, 0.29) is 9.77 Å². The van der Waals surface area contributed by atoms with Gasteiger partial charge >= 0.3 is 5.97 Å². The zero-order chi connectivity index (χ0) is 12.3. The average Bonchev–Trinajstić information content (AvgIpc) is 2.64. The Morgan fingerprint density at radius 1 is 1.50 bits per heavy atom. The molecule has 0 aromatic carbocycles. The Kier molecular flexibility index (Phi) is 3.62. The number of carbonyl (C=O) groups excluding carboxylic acids is 1. The number of carboxylic acid groups (broad SMARTS) is 1. The molecule has 1 amide bonds. The van der Waals surface area contributed by atoms with Crippen LogP contribution in [0.2, 0.25) is 0 Å². The van der Waals surface area contributed by atoms with Crippen LogP contribution in [0.15, 0.2) is 16.3 Å². The number of thiophene rings is 1. The van der Waals surface area contributed by atoms with Crippen LogP contribution in [0, 0.1) is 0 Å². The minimum absolute atomic E-state index is 0.0932. The number of aliphatic carboxylic acids is 1. The number of nitrogens with one attached hydrogen (secondary N) is 1. The van der Waals surface area contributed by atoms with Crippen LogP contribution in [0.1, 0.15) is 9.67 Å². The molecular weight excluding hydrogens is 256 g/mol. The van der Waals surface area contributed by atoms with Crippen LogP contribution in [0.4, 0.5) is 0 Å². The fourth-order valence-electron chi connectivity index (χ4n) is 0.829. The first-order chi connectivity index (χ1) is 7.33. The van der Waals surface area contributed by atoms with E-state index in [0.717, 1.165) is 17.4 Å². The molecule has 0 aliphatic rings. The molecule has 0 saturated carbocycles. The highest BCUT2D eigenvalue weighted by atomic mass is 32.2. The zero-order valence-corrected chi connectivity index (χ0v) is 9.47. The molecule has 1 aromatic rings. The second kappa shape index (κ2) is 4.60. The van der Waals surface area contributed by atoms with Crippen molar-refractivity contribution in [1.29, 1.82) is 0 Å². The molecule has 9 heteroatoms. The SMILES string of the molecule is NC(=O)c1cc(S(=O)(=O)NCC(=O)O)cs1. The van der Waals surface area contributed by atoms with Crippen molar-refractivity contribution >= 4 is 33.2 Å². The molecule has 0 bridgehead atoms. The Bertz CT molecular complexity index is 519. The Morgan fingerprint density at radius 3 is 2.56 bits per heavy atom. The molecule has 4 N–H and O–H groups in total. The Balaban J connectivity index is 2.90.